The molecule has 3 nitrogen and oxygen atoms in total. The number of aliphatic hydroxyl groups is 1. The van der Waals surface area contributed by atoms with Crippen molar-refractivity contribution in [1.29, 1.82) is 0 Å². The third-order valence-corrected chi connectivity index (χ3v) is 4.30. The predicted octanol–water partition coefficient (Wildman–Crippen LogP) is 4.13. The van der Waals surface area contributed by atoms with Gasteiger partial charge >= 0.3 is 0 Å². The highest BCUT2D eigenvalue weighted by Crippen LogP contribution is 2.16. The Kier molecular flexibility index (Phi) is 7.73. The van der Waals surface area contributed by atoms with Crippen LogP contribution in [0.4, 0.5) is 0 Å². The molecule has 1 N–H and O–H groups in total. The van der Waals surface area contributed by atoms with Crippen molar-refractivity contribution >= 4 is 11.6 Å². The van der Waals surface area contributed by atoms with Crippen LogP contribution in [0.1, 0.15) is 25.0 Å². The molecule has 0 saturated heterocycles. The lowest BCUT2D eigenvalue weighted by Gasteiger charge is -2.28. The molecule has 2 aromatic rings. The van der Waals surface area contributed by atoms with Gasteiger partial charge < -0.3 is 9.84 Å². The van der Waals surface area contributed by atoms with Crippen LogP contribution in [0.15, 0.2) is 54.6 Å². The molecular weight excluding hydrogens is 322 g/mol. The Hall–Kier alpha value is -1.39. The molecule has 24 heavy (non-hydrogen) atoms. The van der Waals surface area contributed by atoms with E-state index in [-0.39, 0.29) is 0 Å². The maximum Gasteiger partial charge on any atom is 0.0900 e. The van der Waals surface area contributed by atoms with Crippen LogP contribution in [0, 0.1) is 0 Å². The van der Waals surface area contributed by atoms with Crippen LogP contribution in [0.3, 0.4) is 0 Å². The van der Waals surface area contributed by atoms with Crippen molar-refractivity contribution in [1.82, 2.24) is 4.90 Å². The van der Waals surface area contributed by atoms with Crippen LogP contribution < -0.4 is 0 Å². The van der Waals surface area contributed by atoms with Gasteiger partial charge in [-0.15, -0.1) is 0 Å². The van der Waals surface area contributed by atoms with E-state index in [0.29, 0.717) is 30.8 Å². The minimum atomic E-state index is -0.529. The molecule has 0 amide bonds. The van der Waals surface area contributed by atoms with Crippen molar-refractivity contribution in [3.63, 3.8) is 0 Å². The standard InChI is InChI=1S/C20H26ClNO2/c1-16(2)22(12-17-8-4-3-5-9-17)13-19(23)15-24-14-18-10-6-7-11-20(18)21/h3-11,16,19,23H,12-15H2,1-2H3/t19-/m0/s1. The number of hydrogen-bond donors (Lipinski definition) is 1. The SMILES string of the molecule is CC(C)N(Cc1ccccc1)C[C@H](O)COCc1ccccc1Cl. The molecule has 2 rings (SSSR count). The summed E-state index contributed by atoms with van der Waals surface area (Å²) >= 11 is 6.10. The number of ether oxygens (including phenoxy) is 1. The molecule has 0 saturated carbocycles. The van der Waals surface area contributed by atoms with E-state index >= 15 is 0 Å². The summed E-state index contributed by atoms with van der Waals surface area (Å²) in [7, 11) is 0. The summed E-state index contributed by atoms with van der Waals surface area (Å²) in [6.45, 7) is 6.38. The number of benzene rings is 2. The maximum atomic E-state index is 10.3. The van der Waals surface area contributed by atoms with Gasteiger partial charge in [0.1, 0.15) is 0 Å². The summed E-state index contributed by atoms with van der Waals surface area (Å²) in [4.78, 5) is 2.25. The Balaban J connectivity index is 1.80. The van der Waals surface area contributed by atoms with Gasteiger partial charge in [0.05, 0.1) is 19.3 Å². The first kappa shape index (κ1) is 18.9. The third-order valence-electron chi connectivity index (χ3n) is 3.93. The van der Waals surface area contributed by atoms with E-state index in [1.807, 2.05) is 42.5 Å². The lowest BCUT2D eigenvalue weighted by Crippen LogP contribution is -2.38. The Morgan fingerprint density at radius 1 is 1.04 bits per heavy atom. The minimum absolute atomic E-state index is 0.295. The van der Waals surface area contributed by atoms with Gasteiger partial charge in [0, 0.05) is 24.2 Å². The molecule has 0 aliphatic heterocycles. The first-order chi connectivity index (χ1) is 11.6. The number of aliphatic hydroxyl groups excluding tert-OH is 1. The zero-order valence-electron chi connectivity index (χ0n) is 14.4. The Morgan fingerprint density at radius 2 is 1.71 bits per heavy atom. The molecule has 130 valence electrons. The highest BCUT2D eigenvalue weighted by Gasteiger charge is 2.15. The van der Waals surface area contributed by atoms with Crippen LogP contribution in [0.2, 0.25) is 5.02 Å². The van der Waals surface area contributed by atoms with Gasteiger partial charge in [-0.2, -0.15) is 0 Å². The van der Waals surface area contributed by atoms with Gasteiger partial charge in [-0.1, -0.05) is 60.1 Å². The number of halogens is 1. The number of rotatable bonds is 9. The maximum absolute atomic E-state index is 10.3. The highest BCUT2D eigenvalue weighted by atomic mass is 35.5. The molecule has 0 fully saturated rings. The van der Waals surface area contributed by atoms with Crippen LogP contribution >= 0.6 is 11.6 Å². The molecular formula is C20H26ClNO2. The Labute approximate surface area is 149 Å². The smallest absolute Gasteiger partial charge is 0.0900 e. The summed E-state index contributed by atoms with van der Waals surface area (Å²) in [5, 5.41) is 11.0. The van der Waals surface area contributed by atoms with Crippen LogP contribution in [-0.4, -0.2) is 35.3 Å². The van der Waals surface area contributed by atoms with Crippen molar-refractivity contribution in [2.24, 2.45) is 0 Å². The molecule has 0 unspecified atom stereocenters. The molecule has 0 radical (unpaired) electrons. The van der Waals surface area contributed by atoms with E-state index in [0.717, 1.165) is 12.1 Å². The molecule has 4 heteroatoms. The molecule has 0 aromatic heterocycles. The van der Waals surface area contributed by atoms with E-state index in [9.17, 15) is 5.11 Å². The lowest BCUT2D eigenvalue weighted by atomic mass is 10.1. The van der Waals surface area contributed by atoms with Crippen molar-refractivity contribution in [3.05, 3.63) is 70.7 Å². The molecule has 0 spiro atoms. The van der Waals surface area contributed by atoms with Gasteiger partial charge in [0.15, 0.2) is 0 Å². The van der Waals surface area contributed by atoms with Crippen molar-refractivity contribution in [3.8, 4) is 0 Å². The zero-order valence-corrected chi connectivity index (χ0v) is 15.1. The van der Waals surface area contributed by atoms with E-state index in [4.69, 9.17) is 16.3 Å². The van der Waals surface area contributed by atoms with E-state index in [1.54, 1.807) is 0 Å². The molecule has 0 heterocycles. The fourth-order valence-electron chi connectivity index (χ4n) is 2.52. The van der Waals surface area contributed by atoms with Gasteiger partial charge in [-0.25, -0.2) is 0 Å². The average molecular weight is 348 g/mol. The van der Waals surface area contributed by atoms with E-state index < -0.39 is 6.10 Å². The normalized spacial score (nSPS) is 12.8. The minimum Gasteiger partial charge on any atom is -0.389 e. The number of nitrogens with zero attached hydrogens (tertiary/aromatic N) is 1. The lowest BCUT2D eigenvalue weighted by molar-refractivity contribution is 0.00316. The van der Waals surface area contributed by atoms with Gasteiger partial charge in [-0.3, -0.25) is 4.90 Å². The molecule has 2 aromatic carbocycles. The third kappa shape index (κ3) is 6.25. The number of hydrogen-bond acceptors (Lipinski definition) is 3. The fraction of sp³-hybridized carbons (Fsp3) is 0.400. The second-order valence-electron chi connectivity index (χ2n) is 6.27. The first-order valence-electron chi connectivity index (χ1n) is 8.33. The Bertz CT molecular complexity index is 604. The summed E-state index contributed by atoms with van der Waals surface area (Å²) in [5.74, 6) is 0. The van der Waals surface area contributed by atoms with Crippen molar-refractivity contribution in [2.75, 3.05) is 13.2 Å². The molecule has 1 atom stereocenters. The predicted molar refractivity (Wildman–Crippen MR) is 99.1 cm³/mol. The zero-order chi connectivity index (χ0) is 17.4. The summed E-state index contributed by atoms with van der Waals surface area (Å²) in [6, 6.07) is 18.3. The van der Waals surface area contributed by atoms with Gasteiger partial charge in [0.2, 0.25) is 0 Å². The van der Waals surface area contributed by atoms with Gasteiger partial charge in [-0.05, 0) is 31.0 Å². The van der Waals surface area contributed by atoms with Crippen molar-refractivity contribution < 1.29 is 9.84 Å². The second kappa shape index (κ2) is 9.80. The monoisotopic (exact) mass is 347 g/mol. The summed E-state index contributed by atoms with van der Waals surface area (Å²) < 4.78 is 5.63. The first-order valence-corrected chi connectivity index (χ1v) is 8.71. The topological polar surface area (TPSA) is 32.7 Å². The van der Waals surface area contributed by atoms with E-state index in [2.05, 4.69) is 30.9 Å². The fourth-order valence-corrected chi connectivity index (χ4v) is 2.71. The average Bonchev–Trinajstić information content (AvgIpc) is 2.57. The quantitative estimate of drug-likeness (QED) is 0.740. The van der Waals surface area contributed by atoms with Gasteiger partial charge in [0.25, 0.3) is 0 Å². The largest absolute Gasteiger partial charge is 0.389 e. The summed E-state index contributed by atoms with van der Waals surface area (Å²) in [6.07, 6.45) is -0.529. The van der Waals surface area contributed by atoms with Crippen LogP contribution in [-0.2, 0) is 17.9 Å². The Morgan fingerprint density at radius 3 is 2.38 bits per heavy atom. The van der Waals surface area contributed by atoms with Crippen molar-refractivity contribution in [2.45, 2.75) is 39.1 Å². The second-order valence-corrected chi connectivity index (χ2v) is 6.68. The van der Waals surface area contributed by atoms with Crippen LogP contribution in [0.25, 0.3) is 0 Å². The van der Waals surface area contributed by atoms with E-state index in [1.165, 1.54) is 5.56 Å². The molecule has 0 aliphatic carbocycles. The highest BCUT2D eigenvalue weighted by molar-refractivity contribution is 6.31. The molecule has 0 aliphatic rings. The molecule has 0 bridgehead atoms. The summed E-state index contributed by atoms with van der Waals surface area (Å²) in [5.41, 5.74) is 2.19. The van der Waals surface area contributed by atoms with Crippen LogP contribution in [0.5, 0.6) is 0 Å².